The standard InChI is InChI=1S/C18H27ClN4O2/c1-3-14(2)20-18(25)21-17(24)13-23-9-7-22(8-10-23)12-15-5-4-6-16(19)11-15/h4-6,11,14H,3,7-10,12-13H2,1-2H3,(H2,20,21,24,25)/p+2/t14-/m1/s1. The first kappa shape index (κ1) is 19.7. The third-order valence-corrected chi connectivity index (χ3v) is 4.90. The van der Waals surface area contributed by atoms with Crippen molar-refractivity contribution in [1.29, 1.82) is 0 Å². The Labute approximate surface area is 154 Å². The van der Waals surface area contributed by atoms with E-state index in [9.17, 15) is 9.59 Å². The van der Waals surface area contributed by atoms with Crippen molar-refractivity contribution in [2.75, 3.05) is 32.7 Å². The van der Waals surface area contributed by atoms with Gasteiger partial charge in [-0.25, -0.2) is 4.79 Å². The predicted molar refractivity (Wildman–Crippen MR) is 97.8 cm³/mol. The molecule has 0 spiro atoms. The first-order chi connectivity index (χ1) is 12.0. The monoisotopic (exact) mass is 368 g/mol. The lowest BCUT2D eigenvalue weighted by molar-refractivity contribution is -1.02. The second-order valence-electron chi connectivity index (χ2n) is 6.81. The highest BCUT2D eigenvalue weighted by atomic mass is 35.5. The van der Waals surface area contributed by atoms with Gasteiger partial charge in [0, 0.05) is 16.6 Å². The van der Waals surface area contributed by atoms with Crippen molar-refractivity contribution >= 4 is 23.5 Å². The third-order valence-electron chi connectivity index (χ3n) is 4.66. The molecule has 1 heterocycles. The van der Waals surface area contributed by atoms with Gasteiger partial charge >= 0.3 is 6.03 Å². The normalized spacial score (nSPS) is 21.4. The van der Waals surface area contributed by atoms with Gasteiger partial charge in [-0.2, -0.15) is 0 Å². The summed E-state index contributed by atoms with van der Waals surface area (Å²) in [5, 5.41) is 5.93. The lowest BCUT2D eigenvalue weighted by atomic mass is 10.2. The largest absolute Gasteiger partial charge is 0.335 e. The molecule has 3 amide bonds. The second-order valence-corrected chi connectivity index (χ2v) is 7.25. The molecule has 0 aromatic heterocycles. The minimum absolute atomic E-state index is 0.0683. The van der Waals surface area contributed by atoms with Gasteiger partial charge in [-0.05, 0) is 25.5 Å². The van der Waals surface area contributed by atoms with Crippen LogP contribution in [0.5, 0.6) is 0 Å². The number of piperazine rings is 1. The van der Waals surface area contributed by atoms with E-state index >= 15 is 0 Å². The van der Waals surface area contributed by atoms with Gasteiger partial charge in [0.1, 0.15) is 32.7 Å². The van der Waals surface area contributed by atoms with Crippen LogP contribution in [0.4, 0.5) is 4.79 Å². The molecule has 25 heavy (non-hydrogen) atoms. The number of halogens is 1. The van der Waals surface area contributed by atoms with Gasteiger partial charge < -0.3 is 15.1 Å². The number of amides is 3. The zero-order valence-corrected chi connectivity index (χ0v) is 15.8. The number of nitrogens with one attached hydrogen (secondary N) is 4. The Kier molecular flexibility index (Phi) is 7.68. The molecule has 1 aliphatic heterocycles. The van der Waals surface area contributed by atoms with E-state index in [0.717, 1.165) is 44.2 Å². The molecule has 7 heteroatoms. The maximum atomic E-state index is 12.0. The maximum Gasteiger partial charge on any atom is 0.321 e. The highest BCUT2D eigenvalue weighted by molar-refractivity contribution is 6.30. The number of urea groups is 1. The van der Waals surface area contributed by atoms with Gasteiger partial charge in [-0.1, -0.05) is 30.7 Å². The number of imide groups is 1. The van der Waals surface area contributed by atoms with Crippen molar-refractivity contribution in [3.63, 3.8) is 0 Å². The number of carbonyl (C=O) groups excluding carboxylic acids is 2. The summed E-state index contributed by atoms with van der Waals surface area (Å²) >= 11 is 6.03. The van der Waals surface area contributed by atoms with Gasteiger partial charge in [0.25, 0.3) is 5.91 Å². The SMILES string of the molecule is CC[C@@H](C)NC(=O)NC(=O)C[NH+]1CC[NH+](Cc2cccc(Cl)c2)CC1. The molecular formula is C18H29ClN4O2+2. The molecule has 138 valence electrons. The van der Waals surface area contributed by atoms with E-state index in [1.807, 2.05) is 32.0 Å². The van der Waals surface area contributed by atoms with Crippen molar-refractivity contribution in [1.82, 2.24) is 10.6 Å². The van der Waals surface area contributed by atoms with Crippen LogP contribution in [-0.2, 0) is 11.3 Å². The van der Waals surface area contributed by atoms with E-state index in [1.54, 1.807) is 0 Å². The minimum Gasteiger partial charge on any atom is -0.335 e. The van der Waals surface area contributed by atoms with Crippen molar-refractivity contribution in [3.8, 4) is 0 Å². The zero-order valence-electron chi connectivity index (χ0n) is 15.0. The fourth-order valence-electron chi connectivity index (χ4n) is 3.01. The van der Waals surface area contributed by atoms with Crippen LogP contribution in [0.25, 0.3) is 0 Å². The fourth-order valence-corrected chi connectivity index (χ4v) is 3.22. The summed E-state index contributed by atoms with van der Waals surface area (Å²) in [7, 11) is 0. The molecule has 0 unspecified atom stereocenters. The number of carbonyl (C=O) groups is 2. The smallest absolute Gasteiger partial charge is 0.321 e. The Balaban J connectivity index is 1.69. The Hall–Kier alpha value is -1.63. The summed E-state index contributed by atoms with van der Waals surface area (Å²) in [6.07, 6.45) is 0.838. The second kappa shape index (κ2) is 9.75. The molecule has 2 rings (SSSR count). The first-order valence-corrected chi connectivity index (χ1v) is 9.36. The van der Waals surface area contributed by atoms with E-state index in [1.165, 1.54) is 15.4 Å². The summed E-state index contributed by atoms with van der Waals surface area (Å²) in [4.78, 5) is 26.4. The number of hydrogen-bond acceptors (Lipinski definition) is 2. The Morgan fingerprint density at radius 2 is 1.88 bits per heavy atom. The molecule has 1 fully saturated rings. The molecule has 1 atom stereocenters. The predicted octanol–water partition coefficient (Wildman–Crippen LogP) is -0.752. The summed E-state index contributed by atoms with van der Waals surface area (Å²) in [6, 6.07) is 7.65. The van der Waals surface area contributed by atoms with Gasteiger partial charge in [0.2, 0.25) is 0 Å². The zero-order chi connectivity index (χ0) is 18.2. The van der Waals surface area contributed by atoms with Gasteiger partial charge in [0.05, 0.1) is 0 Å². The molecule has 1 aromatic rings. The molecule has 4 N–H and O–H groups in total. The topological polar surface area (TPSA) is 67.1 Å². The van der Waals surface area contributed by atoms with Gasteiger partial charge in [0.15, 0.2) is 6.54 Å². The van der Waals surface area contributed by atoms with E-state index < -0.39 is 6.03 Å². The summed E-state index contributed by atoms with van der Waals surface area (Å²) in [6.45, 7) is 9.07. The number of hydrogen-bond donors (Lipinski definition) is 4. The van der Waals surface area contributed by atoms with E-state index in [4.69, 9.17) is 11.6 Å². The molecule has 6 nitrogen and oxygen atoms in total. The number of quaternary nitrogens is 2. The molecule has 0 saturated carbocycles. The Morgan fingerprint density at radius 1 is 1.20 bits per heavy atom. The first-order valence-electron chi connectivity index (χ1n) is 8.98. The van der Waals surface area contributed by atoms with Crippen LogP contribution in [0, 0.1) is 0 Å². The molecule has 0 aliphatic carbocycles. The minimum atomic E-state index is -0.399. The van der Waals surface area contributed by atoms with Crippen molar-refractivity contribution in [3.05, 3.63) is 34.9 Å². The average molecular weight is 369 g/mol. The highest BCUT2D eigenvalue weighted by Gasteiger charge is 2.25. The highest BCUT2D eigenvalue weighted by Crippen LogP contribution is 2.09. The molecule has 1 aliphatic rings. The quantitative estimate of drug-likeness (QED) is 0.533. The fraction of sp³-hybridized carbons (Fsp3) is 0.556. The third kappa shape index (κ3) is 7.02. The lowest BCUT2D eigenvalue weighted by Gasteiger charge is -2.29. The van der Waals surface area contributed by atoms with Crippen molar-refractivity contribution < 1.29 is 19.4 Å². The average Bonchev–Trinajstić information content (AvgIpc) is 2.56. The lowest BCUT2D eigenvalue weighted by Crippen LogP contribution is -3.28. The van der Waals surface area contributed by atoms with E-state index in [0.29, 0.717) is 6.54 Å². The van der Waals surface area contributed by atoms with Crippen LogP contribution in [0.15, 0.2) is 24.3 Å². The van der Waals surface area contributed by atoms with Crippen LogP contribution in [0.1, 0.15) is 25.8 Å². The van der Waals surface area contributed by atoms with Crippen LogP contribution in [0.3, 0.4) is 0 Å². The van der Waals surface area contributed by atoms with Crippen LogP contribution < -0.4 is 20.4 Å². The maximum absolute atomic E-state index is 12.0. The van der Waals surface area contributed by atoms with E-state index in [2.05, 4.69) is 16.7 Å². The Morgan fingerprint density at radius 3 is 2.52 bits per heavy atom. The van der Waals surface area contributed by atoms with Crippen LogP contribution in [-0.4, -0.2) is 50.7 Å². The summed E-state index contributed by atoms with van der Waals surface area (Å²) in [5.41, 5.74) is 1.24. The molecule has 0 radical (unpaired) electrons. The van der Waals surface area contributed by atoms with Gasteiger partial charge in [-0.3, -0.25) is 10.1 Å². The van der Waals surface area contributed by atoms with Gasteiger partial charge in [-0.15, -0.1) is 0 Å². The van der Waals surface area contributed by atoms with E-state index in [-0.39, 0.29) is 11.9 Å². The Bertz CT molecular complexity index is 588. The van der Waals surface area contributed by atoms with Crippen molar-refractivity contribution in [2.24, 2.45) is 0 Å². The van der Waals surface area contributed by atoms with Crippen molar-refractivity contribution in [2.45, 2.75) is 32.9 Å². The molecular weight excluding hydrogens is 340 g/mol. The molecule has 1 saturated heterocycles. The molecule has 0 bridgehead atoms. The van der Waals surface area contributed by atoms with Crippen LogP contribution >= 0.6 is 11.6 Å². The number of rotatable bonds is 6. The summed E-state index contributed by atoms with van der Waals surface area (Å²) in [5.74, 6) is -0.214. The molecule has 1 aromatic carbocycles. The number of benzene rings is 1. The summed E-state index contributed by atoms with van der Waals surface area (Å²) < 4.78 is 0. The van der Waals surface area contributed by atoms with Crippen LogP contribution in [0.2, 0.25) is 5.02 Å².